The smallest absolute Gasteiger partial charge is 0.243 e. The van der Waals surface area contributed by atoms with Crippen LogP contribution in [-0.2, 0) is 20.7 Å². The van der Waals surface area contributed by atoms with Crippen molar-refractivity contribution in [3.63, 3.8) is 0 Å². The number of H-pyrrole nitrogens is 1. The van der Waals surface area contributed by atoms with Gasteiger partial charge < -0.3 is 20.4 Å². The van der Waals surface area contributed by atoms with E-state index < -0.39 is 6.04 Å². The first-order chi connectivity index (χ1) is 13.4. The number of ether oxygens (including phenoxy) is 1. The van der Waals surface area contributed by atoms with Gasteiger partial charge >= 0.3 is 0 Å². The molecule has 150 valence electrons. The highest BCUT2D eigenvalue weighted by Crippen LogP contribution is 2.51. The number of nitrogens with one attached hydrogen (secondary N) is 3. The predicted octanol–water partition coefficient (Wildman–Crippen LogP) is 2.53. The minimum atomic E-state index is -0.601. The lowest BCUT2D eigenvalue weighted by Crippen LogP contribution is -2.71. The summed E-state index contributed by atoms with van der Waals surface area (Å²) in [7, 11) is 0. The Hall–Kier alpha value is -2.34. The Balaban J connectivity index is 1.51. The maximum absolute atomic E-state index is 13.1. The summed E-state index contributed by atoms with van der Waals surface area (Å²) in [6, 6.07) is 7.46. The van der Waals surface area contributed by atoms with E-state index in [1.807, 2.05) is 30.5 Å². The summed E-state index contributed by atoms with van der Waals surface area (Å²) in [4.78, 5) is 28.1. The molecule has 2 aliphatic rings. The van der Waals surface area contributed by atoms with Gasteiger partial charge in [0.05, 0.1) is 6.10 Å². The minimum Gasteiger partial charge on any atom is -0.377 e. The molecule has 6 heteroatoms. The molecule has 2 fully saturated rings. The number of rotatable bonds is 5. The number of amides is 2. The molecular weight excluding hydrogens is 354 g/mol. The van der Waals surface area contributed by atoms with Crippen molar-refractivity contribution < 1.29 is 14.3 Å². The topological polar surface area (TPSA) is 83.2 Å². The van der Waals surface area contributed by atoms with Crippen LogP contribution >= 0.6 is 0 Å². The number of para-hydroxylation sites is 1. The lowest BCUT2D eigenvalue weighted by Gasteiger charge is -2.60. The fourth-order valence-corrected chi connectivity index (χ4v) is 5.04. The van der Waals surface area contributed by atoms with Gasteiger partial charge in [0, 0.05) is 54.4 Å². The van der Waals surface area contributed by atoms with Gasteiger partial charge in [-0.2, -0.15) is 0 Å². The van der Waals surface area contributed by atoms with E-state index >= 15 is 0 Å². The summed E-state index contributed by atoms with van der Waals surface area (Å²) in [5.41, 5.74) is 1.96. The van der Waals surface area contributed by atoms with Gasteiger partial charge in [-0.1, -0.05) is 32.0 Å². The van der Waals surface area contributed by atoms with E-state index in [1.54, 1.807) is 0 Å². The molecule has 1 aliphatic carbocycles. The number of aromatic amines is 1. The van der Waals surface area contributed by atoms with Crippen molar-refractivity contribution in [3.8, 4) is 0 Å². The lowest BCUT2D eigenvalue weighted by molar-refractivity contribution is -0.194. The van der Waals surface area contributed by atoms with Gasteiger partial charge in [0.1, 0.15) is 6.04 Å². The minimum absolute atomic E-state index is 0.0736. The van der Waals surface area contributed by atoms with E-state index in [0.717, 1.165) is 35.9 Å². The van der Waals surface area contributed by atoms with Gasteiger partial charge in [0.2, 0.25) is 11.8 Å². The Morgan fingerprint density at radius 1 is 1.32 bits per heavy atom. The summed E-state index contributed by atoms with van der Waals surface area (Å²) in [5.74, 6) is 0.0353. The Kier molecular flexibility index (Phi) is 4.91. The second-order valence-electron chi connectivity index (χ2n) is 8.72. The molecule has 1 aromatic heterocycles. The zero-order valence-corrected chi connectivity index (χ0v) is 16.7. The summed E-state index contributed by atoms with van der Waals surface area (Å²) < 4.78 is 5.94. The molecule has 3 N–H and O–H groups in total. The Morgan fingerprint density at radius 2 is 2.11 bits per heavy atom. The maximum atomic E-state index is 13.1. The molecule has 2 aromatic rings. The van der Waals surface area contributed by atoms with Crippen molar-refractivity contribution in [1.82, 2.24) is 15.6 Å². The van der Waals surface area contributed by atoms with Gasteiger partial charge in [-0.3, -0.25) is 9.59 Å². The van der Waals surface area contributed by atoms with Crippen LogP contribution in [0.2, 0.25) is 0 Å². The number of hydrogen-bond donors (Lipinski definition) is 3. The molecule has 0 bridgehead atoms. The third-order valence-electron chi connectivity index (χ3n) is 6.42. The predicted molar refractivity (Wildman–Crippen MR) is 108 cm³/mol. The van der Waals surface area contributed by atoms with Crippen LogP contribution < -0.4 is 10.6 Å². The molecular formula is C22H29N3O3. The standard InChI is InChI=1S/C22H29N3O3/c1-13(26)24-18(11-14-12-23-17-9-5-4-7-15(14)17)21(27)25-19-16-8-6-10-28-20(16)22(19,2)3/h4-5,7,9,12,16,18-20,23H,6,8,10-11H2,1-3H3,(H,24,26)(H,25,27). The van der Waals surface area contributed by atoms with E-state index in [1.165, 1.54) is 6.92 Å². The van der Waals surface area contributed by atoms with E-state index in [-0.39, 0.29) is 29.4 Å². The zero-order valence-electron chi connectivity index (χ0n) is 16.7. The summed E-state index contributed by atoms with van der Waals surface area (Å²) >= 11 is 0. The van der Waals surface area contributed by atoms with Gasteiger partial charge in [0.15, 0.2) is 0 Å². The van der Waals surface area contributed by atoms with E-state index in [4.69, 9.17) is 4.74 Å². The van der Waals surface area contributed by atoms with E-state index in [2.05, 4.69) is 29.5 Å². The first-order valence-corrected chi connectivity index (χ1v) is 10.1. The molecule has 1 aromatic carbocycles. The fourth-order valence-electron chi connectivity index (χ4n) is 5.04. The average Bonchev–Trinajstić information content (AvgIpc) is 3.08. The molecule has 4 rings (SSSR count). The highest BCUT2D eigenvalue weighted by Gasteiger charge is 2.58. The van der Waals surface area contributed by atoms with Gasteiger partial charge in [-0.05, 0) is 24.5 Å². The first kappa shape index (κ1) is 19.0. The zero-order chi connectivity index (χ0) is 19.9. The number of carbonyl (C=O) groups excluding carboxylic acids is 2. The SMILES string of the molecule is CC(=O)NC(Cc1c[nH]c2ccccc12)C(=O)NC1C2CCCOC2C1(C)C. The van der Waals surface area contributed by atoms with Crippen LogP contribution in [-0.4, -0.2) is 41.6 Å². The first-order valence-electron chi connectivity index (χ1n) is 10.1. The Morgan fingerprint density at radius 3 is 2.89 bits per heavy atom. The van der Waals surface area contributed by atoms with Crippen molar-refractivity contribution in [2.75, 3.05) is 6.61 Å². The Bertz CT molecular complexity index is 888. The molecule has 4 atom stereocenters. The van der Waals surface area contributed by atoms with E-state index in [9.17, 15) is 9.59 Å². The largest absolute Gasteiger partial charge is 0.377 e. The monoisotopic (exact) mass is 383 g/mol. The van der Waals surface area contributed by atoms with Gasteiger partial charge in [-0.15, -0.1) is 0 Å². The van der Waals surface area contributed by atoms with Crippen molar-refractivity contribution in [2.24, 2.45) is 11.3 Å². The third-order valence-corrected chi connectivity index (χ3v) is 6.42. The second-order valence-corrected chi connectivity index (χ2v) is 8.72. The van der Waals surface area contributed by atoms with Crippen LogP contribution in [0.5, 0.6) is 0 Å². The van der Waals surface area contributed by atoms with Crippen LogP contribution in [0.1, 0.15) is 39.2 Å². The molecule has 2 heterocycles. The Labute approximate surface area is 165 Å². The van der Waals surface area contributed by atoms with Crippen molar-refractivity contribution in [3.05, 3.63) is 36.0 Å². The van der Waals surface area contributed by atoms with Crippen LogP contribution in [0.25, 0.3) is 10.9 Å². The molecule has 1 saturated carbocycles. The number of benzene rings is 1. The highest BCUT2D eigenvalue weighted by molar-refractivity contribution is 5.89. The van der Waals surface area contributed by atoms with Crippen molar-refractivity contribution in [2.45, 2.75) is 58.2 Å². The summed E-state index contributed by atoms with van der Waals surface area (Å²) in [6.45, 7) is 6.56. The van der Waals surface area contributed by atoms with Gasteiger partial charge in [0.25, 0.3) is 0 Å². The normalized spacial score (nSPS) is 26.8. The molecule has 0 radical (unpaired) electrons. The summed E-state index contributed by atoms with van der Waals surface area (Å²) in [6.07, 6.45) is 4.69. The van der Waals surface area contributed by atoms with Crippen LogP contribution in [0.3, 0.4) is 0 Å². The molecule has 6 nitrogen and oxygen atoms in total. The summed E-state index contributed by atoms with van der Waals surface area (Å²) in [5, 5.41) is 7.15. The number of carbonyl (C=O) groups is 2. The average molecular weight is 383 g/mol. The van der Waals surface area contributed by atoms with E-state index in [0.29, 0.717) is 12.3 Å². The third kappa shape index (κ3) is 3.30. The maximum Gasteiger partial charge on any atom is 0.243 e. The molecule has 2 amide bonds. The molecule has 4 unspecified atom stereocenters. The van der Waals surface area contributed by atoms with Crippen LogP contribution in [0, 0.1) is 11.3 Å². The number of hydrogen-bond acceptors (Lipinski definition) is 3. The van der Waals surface area contributed by atoms with Crippen molar-refractivity contribution in [1.29, 1.82) is 0 Å². The molecule has 0 spiro atoms. The van der Waals surface area contributed by atoms with Crippen molar-refractivity contribution >= 4 is 22.7 Å². The fraction of sp³-hybridized carbons (Fsp3) is 0.545. The number of fused-ring (bicyclic) bond motifs is 2. The molecule has 1 aliphatic heterocycles. The molecule has 28 heavy (non-hydrogen) atoms. The van der Waals surface area contributed by atoms with Crippen LogP contribution in [0.4, 0.5) is 0 Å². The quantitative estimate of drug-likeness (QED) is 0.742. The lowest BCUT2D eigenvalue weighted by atomic mass is 9.55. The van der Waals surface area contributed by atoms with Gasteiger partial charge in [-0.25, -0.2) is 0 Å². The second kappa shape index (κ2) is 7.24. The highest BCUT2D eigenvalue weighted by atomic mass is 16.5. The number of aromatic nitrogens is 1. The van der Waals surface area contributed by atoms with Crippen LogP contribution in [0.15, 0.2) is 30.5 Å². The molecule has 1 saturated heterocycles.